The van der Waals surface area contributed by atoms with Crippen molar-refractivity contribution in [3.8, 4) is 0 Å². The highest BCUT2D eigenvalue weighted by atomic mass is 35.5. The van der Waals surface area contributed by atoms with Crippen molar-refractivity contribution in [1.29, 1.82) is 0 Å². The third kappa shape index (κ3) is 1.79. The van der Waals surface area contributed by atoms with E-state index in [9.17, 15) is 9.18 Å². The predicted octanol–water partition coefficient (Wildman–Crippen LogP) is 1.59. The molecule has 0 aromatic heterocycles. The summed E-state index contributed by atoms with van der Waals surface area (Å²) in [6.07, 6.45) is 1.19. The van der Waals surface area contributed by atoms with Crippen LogP contribution in [0.1, 0.15) is 27.9 Å². The Morgan fingerprint density at radius 2 is 2.12 bits per heavy atom. The molecular weight excluding hydrogens is 231 g/mol. The first kappa shape index (κ1) is 12.9. The summed E-state index contributed by atoms with van der Waals surface area (Å²) < 4.78 is 13.4. The third-order valence-electron chi connectivity index (χ3n) is 2.97. The lowest BCUT2D eigenvalue weighted by atomic mass is 9.84. The standard InChI is InChI=1S/C11H13FN2O.ClH/c1-5-6-2-3-8(13)11(15)10(6)9(14)4-7(5)12;/h4,8H,2-3,13-14H2,1H3;1H. The number of anilines is 1. The van der Waals surface area contributed by atoms with Crippen molar-refractivity contribution < 1.29 is 9.18 Å². The molecule has 1 aromatic rings. The molecule has 1 aromatic carbocycles. The van der Waals surface area contributed by atoms with Crippen molar-refractivity contribution in [2.24, 2.45) is 5.73 Å². The zero-order chi connectivity index (χ0) is 11.2. The number of fused-ring (bicyclic) bond motifs is 1. The Morgan fingerprint density at radius 1 is 1.50 bits per heavy atom. The van der Waals surface area contributed by atoms with Crippen molar-refractivity contribution in [3.05, 3.63) is 28.6 Å². The van der Waals surface area contributed by atoms with E-state index in [4.69, 9.17) is 11.5 Å². The molecule has 16 heavy (non-hydrogen) atoms. The van der Waals surface area contributed by atoms with E-state index in [0.717, 1.165) is 5.56 Å². The second-order valence-electron chi connectivity index (χ2n) is 3.94. The fourth-order valence-electron chi connectivity index (χ4n) is 2.04. The summed E-state index contributed by atoms with van der Waals surface area (Å²) in [5, 5.41) is 0. The lowest BCUT2D eigenvalue weighted by Gasteiger charge is -2.23. The Hall–Kier alpha value is -1.13. The minimum absolute atomic E-state index is 0. The van der Waals surface area contributed by atoms with Crippen LogP contribution >= 0.6 is 12.4 Å². The first-order chi connectivity index (χ1) is 7.02. The van der Waals surface area contributed by atoms with Crippen molar-refractivity contribution >= 4 is 23.9 Å². The topological polar surface area (TPSA) is 69.1 Å². The van der Waals surface area contributed by atoms with E-state index >= 15 is 0 Å². The Labute approximate surface area is 99.4 Å². The van der Waals surface area contributed by atoms with Gasteiger partial charge in [-0.15, -0.1) is 12.4 Å². The molecule has 1 aliphatic rings. The molecule has 1 aliphatic carbocycles. The number of halogens is 2. The molecule has 0 aliphatic heterocycles. The number of nitrogens with two attached hydrogens (primary N) is 2. The number of ketones is 1. The van der Waals surface area contributed by atoms with Crippen LogP contribution in [-0.2, 0) is 6.42 Å². The largest absolute Gasteiger partial charge is 0.398 e. The third-order valence-corrected chi connectivity index (χ3v) is 2.97. The second-order valence-corrected chi connectivity index (χ2v) is 3.94. The summed E-state index contributed by atoms with van der Waals surface area (Å²) in [6.45, 7) is 1.66. The summed E-state index contributed by atoms with van der Waals surface area (Å²) in [4.78, 5) is 11.8. The quantitative estimate of drug-likeness (QED) is 0.681. The molecule has 0 spiro atoms. The summed E-state index contributed by atoms with van der Waals surface area (Å²) >= 11 is 0. The molecule has 0 saturated heterocycles. The van der Waals surface area contributed by atoms with E-state index in [1.165, 1.54) is 6.07 Å². The van der Waals surface area contributed by atoms with E-state index in [0.29, 0.717) is 24.0 Å². The molecule has 4 N–H and O–H groups in total. The second kappa shape index (κ2) is 4.39. The van der Waals surface area contributed by atoms with Gasteiger partial charge in [-0.05, 0) is 37.0 Å². The molecule has 0 amide bonds. The zero-order valence-electron chi connectivity index (χ0n) is 8.92. The molecule has 0 fully saturated rings. The summed E-state index contributed by atoms with van der Waals surface area (Å²) in [5.41, 5.74) is 13.2. The van der Waals surface area contributed by atoms with Crippen LogP contribution in [0.3, 0.4) is 0 Å². The number of carbonyl (C=O) groups excluding carboxylic acids is 1. The average molecular weight is 245 g/mol. The number of hydrogen-bond donors (Lipinski definition) is 2. The molecular formula is C11H14ClFN2O. The zero-order valence-corrected chi connectivity index (χ0v) is 9.73. The van der Waals surface area contributed by atoms with Crippen molar-refractivity contribution in [1.82, 2.24) is 0 Å². The van der Waals surface area contributed by atoms with Gasteiger partial charge in [0.25, 0.3) is 0 Å². The minimum Gasteiger partial charge on any atom is -0.398 e. The van der Waals surface area contributed by atoms with Gasteiger partial charge in [0, 0.05) is 11.3 Å². The summed E-state index contributed by atoms with van der Waals surface area (Å²) in [6, 6.07) is 0.703. The highest BCUT2D eigenvalue weighted by Crippen LogP contribution is 2.30. The van der Waals surface area contributed by atoms with Gasteiger partial charge < -0.3 is 11.5 Å². The molecule has 1 unspecified atom stereocenters. The fourth-order valence-corrected chi connectivity index (χ4v) is 2.04. The SMILES string of the molecule is Cc1c(F)cc(N)c2c1CCC(N)C2=O.Cl. The molecule has 0 saturated carbocycles. The number of nitrogen functional groups attached to an aromatic ring is 1. The van der Waals surface area contributed by atoms with Gasteiger partial charge in [0.2, 0.25) is 0 Å². The van der Waals surface area contributed by atoms with Crippen LogP contribution in [0.25, 0.3) is 0 Å². The predicted molar refractivity (Wildman–Crippen MR) is 63.4 cm³/mol. The smallest absolute Gasteiger partial charge is 0.181 e. The van der Waals surface area contributed by atoms with Crippen LogP contribution in [0, 0.1) is 12.7 Å². The summed E-state index contributed by atoms with van der Waals surface area (Å²) in [7, 11) is 0. The molecule has 5 heteroatoms. The van der Waals surface area contributed by atoms with Gasteiger partial charge in [-0.1, -0.05) is 0 Å². The average Bonchev–Trinajstić information content (AvgIpc) is 2.18. The lowest BCUT2D eigenvalue weighted by molar-refractivity contribution is 0.0949. The summed E-state index contributed by atoms with van der Waals surface area (Å²) in [5.74, 6) is -0.522. The Morgan fingerprint density at radius 3 is 2.75 bits per heavy atom. The number of rotatable bonds is 0. The van der Waals surface area contributed by atoms with Crippen molar-refractivity contribution in [2.75, 3.05) is 5.73 Å². The van der Waals surface area contributed by atoms with Crippen LogP contribution in [0.5, 0.6) is 0 Å². The van der Waals surface area contributed by atoms with Gasteiger partial charge in [0.15, 0.2) is 5.78 Å². The van der Waals surface area contributed by atoms with Crippen LogP contribution in [-0.4, -0.2) is 11.8 Å². The molecule has 3 nitrogen and oxygen atoms in total. The van der Waals surface area contributed by atoms with E-state index in [1.54, 1.807) is 6.92 Å². The number of benzene rings is 1. The van der Waals surface area contributed by atoms with E-state index in [-0.39, 0.29) is 29.7 Å². The van der Waals surface area contributed by atoms with E-state index in [2.05, 4.69) is 0 Å². The maximum atomic E-state index is 13.4. The number of hydrogen-bond acceptors (Lipinski definition) is 3. The molecule has 0 radical (unpaired) electrons. The molecule has 0 bridgehead atoms. The van der Waals surface area contributed by atoms with Gasteiger partial charge >= 0.3 is 0 Å². The van der Waals surface area contributed by atoms with Gasteiger partial charge in [-0.2, -0.15) is 0 Å². The van der Waals surface area contributed by atoms with Crippen LogP contribution in [0.4, 0.5) is 10.1 Å². The maximum absolute atomic E-state index is 13.4. The number of carbonyl (C=O) groups is 1. The minimum atomic E-state index is -0.496. The highest BCUT2D eigenvalue weighted by molar-refractivity contribution is 6.06. The van der Waals surface area contributed by atoms with Crippen LogP contribution in [0.2, 0.25) is 0 Å². The Balaban J connectivity index is 0.00000128. The lowest BCUT2D eigenvalue weighted by Crippen LogP contribution is -2.36. The van der Waals surface area contributed by atoms with Crippen LogP contribution in [0.15, 0.2) is 6.07 Å². The van der Waals surface area contributed by atoms with Crippen molar-refractivity contribution in [2.45, 2.75) is 25.8 Å². The highest BCUT2D eigenvalue weighted by Gasteiger charge is 2.28. The van der Waals surface area contributed by atoms with Gasteiger partial charge in [0.05, 0.1) is 6.04 Å². The molecule has 1 atom stereocenters. The Kier molecular flexibility index (Phi) is 3.55. The molecule has 2 rings (SSSR count). The van der Waals surface area contributed by atoms with Gasteiger partial charge in [-0.25, -0.2) is 4.39 Å². The first-order valence-electron chi connectivity index (χ1n) is 4.89. The normalized spacial score (nSPS) is 18.9. The molecule has 88 valence electrons. The Bertz CT molecular complexity index is 448. The monoisotopic (exact) mass is 244 g/mol. The molecule has 0 heterocycles. The van der Waals surface area contributed by atoms with E-state index in [1.807, 2.05) is 0 Å². The maximum Gasteiger partial charge on any atom is 0.181 e. The fraction of sp³-hybridized carbons (Fsp3) is 0.364. The van der Waals surface area contributed by atoms with E-state index < -0.39 is 6.04 Å². The van der Waals surface area contributed by atoms with Crippen LogP contribution < -0.4 is 11.5 Å². The van der Waals surface area contributed by atoms with Gasteiger partial charge in [-0.3, -0.25) is 4.79 Å². The number of Topliss-reactive ketones (excluding diaryl/α,β-unsaturated/α-hetero) is 1. The van der Waals surface area contributed by atoms with Crippen molar-refractivity contribution in [3.63, 3.8) is 0 Å². The first-order valence-corrected chi connectivity index (χ1v) is 4.89. The van der Waals surface area contributed by atoms with Gasteiger partial charge in [0.1, 0.15) is 5.82 Å².